The first kappa shape index (κ1) is 25.6. The SMILES string of the molecule is Cl.NC(CC(=O)N1CCn2c(C(F)(F)F)nc(-c3ccn[nH]3)c2C1)Cc1cc(F)c(F)cc1F. The zero-order valence-electron chi connectivity index (χ0n) is 17.4. The molecule has 0 aliphatic carbocycles. The van der Waals surface area contributed by atoms with Crippen molar-refractivity contribution in [3.8, 4) is 11.4 Å². The van der Waals surface area contributed by atoms with E-state index >= 15 is 0 Å². The van der Waals surface area contributed by atoms with E-state index in [9.17, 15) is 31.1 Å². The summed E-state index contributed by atoms with van der Waals surface area (Å²) in [6.07, 6.45) is -3.80. The Kier molecular flexibility index (Phi) is 7.26. The lowest BCUT2D eigenvalue weighted by atomic mass is 10.0. The molecule has 0 saturated carbocycles. The molecular weight excluding hydrogens is 490 g/mol. The van der Waals surface area contributed by atoms with Crippen molar-refractivity contribution in [2.45, 2.75) is 38.1 Å². The molecule has 1 unspecified atom stereocenters. The molecule has 34 heavy (non-hydrogen) atoms. The molecule has 1 atom stereocenters. The fourth-order valence-electron chi connectivity index (χ4n) is 3.83. The monoisotopic (exact) mass is 508 g/mol. The summed E-state index contributed by atoms with van der Waals surface area (Å²) in [7, 11) is 0. The standard InChI is InChI=1S/C20H18F6N6O.ClH/c21-12-8-14(23)13(22)6-10(12)5-11(27)7-17(33)31-3-4-32-16(9-31)18(15-1-2-28-30-15)29-19(32)20(24,25)26;/h1-2,6,8,11H,3-5,7,9,27H2,(H,28,30);1H. The lowest BCUT2D eigenvalue weighted by Gasteiger charge is -2.30. The topological polar surface area (TPSA) is 92.8 Å². The Morgan fingerprint density at radius 1 is 1.15 bits per heavy atom. The van der Waals surface area contributed by atoms with Gasteiger partial charge in [0.15, 0.2) is 11.6 Å². The number of alkyl halides is 3. The van der Waals surface area contributed by atoms with E-state index < -0.39 is 41.4 Å². The summed E-state index contributed by atoms with van der Waals surface area (Å²) in [5.74, 6) is -5.09. The van der Waals surface area contributed by atoms with E-state index in [2.05, 4.69) is 15.2 Å². The van der Waals surface area contributed by atoms with Gasteiger partial charge < -0.3 is 15.2 Å². The fourth-order valence-corrected chi connectivity index (χ4v) is 3.83. The van der Waals surface area contributed by atoms with Crippen LogP contribution in [0.1, 0.15) is 23.5 Å². The van der Waals surface area contributed by atoms with Crippen LogP contribution in [0.4, 0.5) is 26.3 Å². The highest BCUT2D eigenvalue weighted by atomic mass is 35.5. The summed E-state index contributed by atoms with van der Waals surface area (Å²) in [5, 5.41) is 6.31. The fraction of sp³-hybridized carbons (Fsp3) is 0.350. The minimum Gasteiger partial charge on any atom is -0.335 e. The van der Waals surface area contributed by atoms with E-state index in [0.29, 0.717) is 12.1 Å². The van der Waals surface area contributed by atoms with Gasteiger partial charge in [-0.15, -0.1) is 12.4 Å². The number of nitrogens with one attached hydrogen (secondary N) is 1. The number of H-pyrrole nitrogens is 1. The summed E-state index contributed by atoms with van der Waals surface area (Å²) < 4.78 is 81.8. The quantitative estimate of drug-likeness (QED) is 0.408. The summed E-state index contributed by atoms with van der Waals surface area (Å²) in [6.45, 7) is -0.299. The van der Waals surface area contributed by atoms with Gasteiger partial charge in [-0.2, -0.15) is 18.3 Å². The second-order valence-corrected chi connectivity index (χ2v) is 7.69. The van der Waals surface area contributed by atoms with Gasteiger partial charge >= 0.3 is 6.18 Å². The molecule has 3 heterocycles. The molecule has 0 fully saturated rings. The zero-order chi connectivity index (χ0) is 23.9. The van der Waals surface area contributed by atoms with Crippen molar-refractivity contribution < 1.29 is 31.1 Å². The molecule has 1 aromatic carbocycles. The smallest absolute Gasteiger partial charge is 0.335 e. The minimum absolute atomic E-state index is 0. The number of halogens is 7. The van der Waals surface area contributed by atoms with Gasteiger partial charge in [0.05, 0.1) is 17.9 Å². The second kappa shape index (κ2) is 9.66. The molecular formula is C20H19ClF6N6O. The molecule has 7 nitrogen and oxygen atoms in total. The van der Waals surface area contributed by atoms with Crippen molar-refractivity contribution in [1.82, 2.24) is 24.6 Å². The number of rotatable bonds is 5. The molecule has 4 rings (SSSR count). The van der Waals surface area contributed by atoms with E-state index in [1.165, 1.54) is 17.2 Å². The molecule has 0 spiro atoms. The van der Waals surface area contributed by atoms with Crippen LogP contribution in [0.15, 0.2) is 24.4 Å². The number of hydrogen-bond donors (Lipinski definition) is 2. The van der Waals surface area contributed by atoms with Gasteiger partial charge in [-0.25, -0.2) is 18.2 Å². The third kappa shape index (κ3) is 5.04. The number of nitrogens with two attached hydrogens (primary N) is 1. The Hall–Kier alpha value is -3.06. The maximum Gasteiger partial charge on any atom is 0.449 e. The molecule has 1 amide bonds. The summed E-state index contributed by atoms with van der Waals surface area (Å²) in [4.78, 5) is 17.8. The molecule has 2 aromatic heterocycles. The van der Waals surface area contributed by atoms with Gasteiger partial charge in [0, 0.05) is 37.8 Å². The first-order valence-corrected chi connectivity index (χ1v) is 9.87. The Labute approximate surface area is 195 Å². The number of hydrogen-bond acceptors (Lipinski definition) is 4. The van der Waals surface area contributed by atoms with Crippen LogP contribution in [0.25, 0.3) is 11.4 Å². The minimum atomic E-state index is -4.68. The second-order valence-electron chi connectivity index (χ2n) is 7.69. The number of carbonyl (C=O) groups is 1. The van der Waals surface area contributed by atoms with Gasteiger partial charge in [0.2, 0.25) is 11.7 Å². The zero-order valence-corrected chi connectivity index (χ0v) is 18.2. The number of aromatic nitrogens is 4. The number of benzene rings is 1. The Morgan fingerprint density at radius 3 is 2.50 bits per heavy atom. The Balaban J connectivity index is 0.00000324. The Bertz CT molecular complexity index is 1180. The molecule has 1 aliphatic heterocycles. The predicted molar refractivity (Wildman–Crippen MR) is 110 cm³/mol. The molecule has 0 saturated heterocycles. The third-order valence-corrected chi connectivity index (χ3v) is 5.38. The molecule has 0 bridgehead atoms. The van der Waals surface area contributed by atoms with Crippen molar-refractivity contribution in [2.75, 3.05) is 6.54 Å². The van der Waals surface area contributed by atoms with Crippen molar-refractivity contribution in [1.29, 1.82) is 0 Å². The lowest BCUT2D eigenvalue weighted by molar-refractivity contribution is -0.148. The molecule has 1 aliphatic rings. The van der Waals surface area contributed by atoms with E-state index in [1.807, 2.05) is 0 Å². The number of fused-ring (bicyclic) bond motifs is 1. The molecule has 3 aromatic rings. The van der Waals surface area contributed by atoms with E-state index in [4.69, 9.17) is 5.73 Å². The number of amides is 1. The van der Waals surface area contributed by atoms with Crippen molar-refractivity contribution in [3.63, 3.8) is 0 Å². The van der Waals surface area contributed by atoms with Crippen LogP contribution in [-0.2, 0) is 30.5 Å². The lowest BCUT2D eigenvalue weighted by Crippen LogP contribution is -2.42. The van der Waals surface area contributed by atoms with Gasteiger partial charge in [0.1, 0.15) is 11.5 Å². The normalized spacial score (nSPS) is 14.5. The van der Waals surface area contributed by atoms with Gasteiger partial charge in [-0.3, -0.25) is 9.89 Å². The van der Waals surface area contributed by atoms with Crippen LogP contribution in [0.5, 0.6) is 0 Å². The van der Waals surface area contributed by atoms with E-state index in [-0.39, 0.29) is 67.5 Å². The molecule has 14 heteroatoms. The number of imidazole rings is 1. The Morgan fingerprint density at radius 2 is 1.85 bits per heavy atom. The summed E-state index contributed by atoms with van der Waals surface area (Å²) in [6, 6.07) is 1.64. The van der Waals surface area contributed by atoms with Crippen molar-refractivity contribution in [2.24, 2.45) is 5.73 Å². The van der Waals surface area contributed by atoms with Gasteiger partial charge in [-0.05, 0) is 24.1 Å². The highest BCUT2D eigenvalue weighted by molar-refractivity contribution is 5.85. The average Bonchev–Trinajstić information content (AvgIpc) is 3.38. The van der Waals surface area contributed by atoms with Crippen LogP contribution in [0.2, 0.25) is 0 Å². The first-order valence-electron chi connectivity index (χ1n) is 9.87. The van der Waals surface area contributed by atoms with Crippen LogP contribution in [0.3, 0.4) is 0 Å². The first-order chi connectivity index (χ1) is 15.5. The average molecular weight is 509 g/mol. The van der Waals surface area contributed by atoms with Crippen LogP contribution >= 0.6 is 12.4 Å². The van der Waals surface area contributed by atoms with Crippen LogP contribution in [-0.4, -0.2) is 43.1 Å². The maximum absolute atomic E-state index is 13.9. The molecule has 3 N–H and O–H groups in total. The van der Waals surface area contributed by atoms with Crippen LogP contribution in [0, 0.1) is 17.5 Å². The van der Waals surface area contributed by atoms with Crippen molar-refractivity contribution in [3.05, 3.63) is 58.9 Å². The summed E-state index contributed by atoms with van der Waals surface area (Å²) >= 11 is 0. The highest BCUT2D eigenvalue weighted by Gasteiger charge is 2.41. The predicted octanol–water partition coefficient (Wildman–Crippen LogP) is 3.43. The van der Waals surface area contributed by atoms with E-state index in [0.717, 1.165) is 4.57 Å². The maximum atomic E-state index is 13.9. The van der Waals surface area contributed by atoms with Crippen molar-refractivity contribution >= 4 is 18.3 Å². The number of carbonyl (C=O) groups excluding carboxylic acids is 1. The third-order valence-electron chi connectivity index (χ3n) is 5.38. The molecule has 184 valence electrons. The number of aromatic amines is 1. The summed E-state index contributed by atoms with van der Waals surface area (Å²) in [5.41, 5.74) is 6.24. The van der Waals surface area contributed by atoms with Crippen LogP contribution < -0.4 is 5.73 Å². The number of nitrogens with zero attached hydrogens (tertiary/aromatic N) is 4. The molecule has 0 radical (unpaired) electrons. The largest absolute Gasteiger partial charge is 0.449 e. The van der Waals surface area contributed by atoms with E-state index in [1.54, 1.807) is 0 Å². The van der Waals surface area contributed by atoms with Gasteiger partial charge in [-0.1, -0.05) is 0 Å². The highest BCUT2D eigenvalue weighted by Crippen LogP contribution is 2.35. The van der Waals surface area contributed by atoms with Gasteiger partial charge in [0.25, 0.3) is 0 Å².